The lowest BCUT2D eigenvalue weighted by Crippen LogP contribution is -2.54. The fourth-order valence-electron chi connectivity index (χ4n) is 3.20. The number of ether oxygens (including phenoxy) is 2. The fraction of sp³-hybridized carbons (Fsp3) is 0.556. The highest BCUT2D eigenvalue weighted by Crippen LogP contribution is 2.29. The summed E-state index contributed by atoms with van der Waals surface area (Å²) in [6.45, 7) is 2.07. The third-order valence-electron chi connectivity index (χ3n) is 4.69. The molecule has 0 aliphatic carbocycles. The number of methoxy groups -OCH3 is 2. The summed E-state index contributed by atoms with van der Waals surface area (Å²) < 4.78 is 10.8. The Hall–Kier alpha value is -1.74. The van der Waals surface area contributed by atoms with Gasteiger partial charge < -0.3 is 30.5 Å². The summed E-state index contributed by atoms with van der Waals surface area (Å²) in [5.74, 6) is -0.744. The number of carbonyl (C=O) groups is 2. The molecule has 2 rings (SSSR count). The van der Waals surface area contributed by atoms with Crippen molar-refractivity contribution in [1.29, 1.82) is 0 Å². The molecule has 0 bridgehead atoms. The van der Waals surface area contributed by atoms with Gasteiger partial charge in [-0.25, -0.2) is 0 Å². The Balaban J connectivity index is 0.00000392. The zero-order valence-electron chi connectivity index (χ0n) is 15.9. The van der Waals surface area contributed by atoms with Gasteiger partial charge in [-0.3, -0.25) is 9.59 Å². The number of halogens is 2. The van der Waals surface area contributed by atoms with Crippen LogP contribution in [0.1, 0.15) is 29.6 Å². The third kappa shape index (κ3) is 6.41. The number of hydrogen-bond acceptors (Lipinski definition) is 6. The van der Waals surface area contributed by atoms with Gasteiger partial charge in [0.1, 0.15) is 5.75 Å². The van der Waals surface area contributed by atoms with Crippen molar-refractivity contribution >= 4 is 41.6 Å². The van der Waals surface area contributed by atoms with E-state index in [9.17, 15) is 9.59 Å². The molecule has 10 heteroatoms. The summed E-state index contributed by atoms with van der Waals surface area (Å²) in [5, 5.41) is 12.0. The lowest BCUT2D eigenvalue weighted by Gasteiger charge is -2.38. The van der Waals surface area contributed by atoms with Crippen LogP contribution in [0.2, 0.25) is 5.02 Å². The van der Waals surface area contributed by atoms with E-state index in [1.165, 1.54) is 19.2 Å². The summed E-state index contributed by atoms with van der Waals surface area (Å²) in [6.07, 6.45) is 1.24. The average Bonchev–Trinajstić information content (AvgIpc) is 2.64. The number of nitrogen functional groups attached to an aromatic ring is 1. The van der Waals surface area contributed by atoms with Crippen LogP contribution >= 0.6 is 24.0 Å². The lowest BCUT2D eigenvalue weighted by molar-refractivity contribution is -0.137. The van der Waals surface area contributed by atoms with Crippen LogP contribution in [0.3, 0.4) is 0 Å². The minimum Gasteiger partial charge on any atom is -0.496 e. The molecule has 0 unspecified atom stereocenters. The van der Waals surface area contributed by atoms with Gasteiger partial charge in [-0.15, -0.1) is 12.4 Å². The largest absolute Gasteiger partial charge is 0.496 e. The molecule has 0 spiro atoms. The first kappa shape index (κ1) is 24.3. The molecule has 1 heterocycles. The van der Waals surface area contributed by atoms with E-state index in [1.807, 2.05) is 0 Å². The van der Waals surface area contributed by atoms with Gasteiger partial charge in [0, 0.05) is 32.7 Å². The first-order valence-corrected chi connectivity index (χ1v) is 9.14. The van der Waals surface area contributed by atoms with Gasteiger partial charge >= 0.3 is 5.97 Å². The second-order valence-electron chi connectivity index (χ2n) is 6.51. The molecule has 2 atom stereocenters. The number of piperidine rings is 1. The normalized spacial score (nSPS) is 19.5. The van der Waals surface area contributed by atoms with Gasteiger partial charge in [0.25, 0.3) is 5.91 Å². The van der Waals surface area contributed by atoms with Crippen LogP contribution in [0.15, 0.2) is 12.1 Å². The molecule has 1 saturated heterocycles. The maximum absolute atomic E-state index is 12.7. The van der Waals surface area contributed by atoms with E-state index in [1.54, 1.807) is 7.11 Å². The number of likely N-dealkylation sites (tertiary alicyclic amines) is 1. The summed E-state index contributed by atoms with van der Waals surface area (Å²) in [4.78, 5) is 25.5. The van der Waals surface area contributed by atoms with E-state index < -0.39 is 5.97 Å². The molecule has 0 radical (unpaired) electrons. The third-order valence-corrected chi connectivity index (χ3v) is 5.02. The maximum Gasteiger partial charge on any atom is 0.303 e. The van der Waals surface area contributed by atoms with Gasteiger partial charge in [-0.1, -0.05) is 11.6 Å². The summed E-state index contributed by atoms with van der Waals surface area (Å²) >= 11 is 6.04. The van der Waals surface area contributed by atoms with Gasteiger partial charge in [0.05, 0.1) is 35.5 Å². The number of carboxylic acids is 1. The van der Waals surface area contributed by atoms with Crippen LogP contribution in [0, 0.1) is 0 Å². The number of aliphatic carboxylic acids is 1. The maximum atomic E-state index is 12.7. The molecule has 4 N–H and O–H groups in total. The highest BCUT2D eigenvalue weighted by atomic mass is 35.5. The molecule has 1 fully saturated rings. The summed E-state index contributed by atoms with van der Waals surface area (Å²) in [6, 6.07) is 2.85. The number of amides is 1. The Kier molecular flexibility index (Phi) is 9.81. The Morgan fingerprint density at radius 3 is 2.71 bits per heavy atom. The number of nitrogens with two attached hydrogens (primary N) is 1. The first-order valence-electron chi connectivity index (χ1n) is 8.76. The molecule has 1 aliphatic heterocycles. The highest BCUT2D eigenvalue weighted by molar-refractivity contribution is 6.33. The second-order valence-corrected chi connectivity index (χ2v) is 6.92. The van der Waals surface area contributed by atoms with Crippen molar-refractivity contribution in [3.63, 3.8) is 0 Å². The van der Waals surface area contributed by atoms with Crippen LogP contribution in [0.25, 0.3) is 0 Å². The van der Waals surface area contributed by atoms with Crippen molar-refractivity contribution in [1.82, 2.24) is 10.2 Å². The molecule has 28 heavy (non-hydrogen) atoms. The number of anilines is 1. The van der Waals surface area contributed by atoms with E-state index in [4.69, 9.17) is 31.9 Å². The monoisotopic (exact) mass is 435 g/mol. The quantitative estimate of drug-likeness (QED) is 0.535. The van der Waals surface area contributed by atoms with Crippen molar-refractivity contribution in [2.24, 2.45) is 0 Å². The van der Waals surface area contributed by atoms with Crippen LogP contribution in [-0.4, -0.2) is 67.9 Å². The van der Waals surface area contributed by atoms with Crippen LogP contribution < -0.4 is 15.8 Å². The fourth-order valence-corrected chi connectivity index (χ4v) is 3.37. The van der Waals surface area contributed by atoms with Crippen LogP contribution in [0.4, 0.5) is 5.69 Å². The highest BCUT2D eigenvalue weighted by Gasteiger charge is 2.31. The minimum absolute atomic E-state index is 0. The van der Waals surface area contributed by atoms with E-state index >= 15 is 0 Å². The first-order chi connectivity index (χ1) is 12.8. The summed E-state index contributed by atoms with van der Waals surface area (Å²) in [7, 11) is 3.07. The predicted octanol–water partition coefficient (Wildman–Crippen LogP) is 2.04. The smallest absolute Gasteiger partial charge is 0.303 e. The molecule has 1 aromatic carbocycles. The molecular formula is C18H27Cl2N3O5. The van der Waals surface area contributed by atoms with E-state index in [2.05, 4.69) is 10.2 Å². The van der Waals surface area contributed by atoms with Gasteiger partial charge in [-0.2, -0.15) is 0 Å². The molecule has 8 nitrogen and oxygen atoms in total. The average molecular weight is 436 g/mol. The lowest BCUT2D eigenvalue weighted by atomic mass is 10.0. The van der Waals surface area contributed by atoms with Gasteiger partial charge in [-0.05, 0) is 25.5 Å². The van der Waals surface area contributed by atoms with E-state index in [0.29, 0.717) is 42.9 Å². The molecule has 1 amide bonds. The van der Waals surface area contributed by atoms with E-state index in [-0.39, 0.29) is 41.9 Å². The molecule has 1 aliphatic rings. The number of hydrogen-bond donors (Lipinski definition) is 3. The van der Waals surface area contributed by atoms with Gasteiger partial charge in [0.15, 0.2) is 0 Å². The molecule has 1 aromatic rings. The number of carbonyl (C=O) groups excluding carboxylic acids is 1. The predicted molar refractivity (Wildman–Crippen MR) is 110 cm³/mol. The SMILES string of the molecule is COc1cc(N)c(Cl)cc1C(=O)N[C@@H]1CCN(CCCC(=O)O)C[C@@H]1OC.Cl. The zero-order valence-corrected chi connectivity index (χ0v) is 17.5. The Labute approximate surface area is 175 Å². The Morgan fingerprint density at radius 2 is 2.11 bits per heavy atom. The molecule has 0 aromatic heterocycles. The van der Waals surface area contributed by atoms with Crippen LogP contribution in [-0.2, 0) is 9.53 Å². The number of benzene rings is 1. The second kappa shape index (κ2) is 11.3. The van der Waals surface area contributed by atoms with Gasteiger partial charge in [0.2, 0.25) is 0 Å². The Bertz CT molecular complexity index is 689. The molecule has 0 saturated carbocycles. The van der Waals surface area contributed by atoms with Crippen molar-refractivity contribution < 1.29 is 24.2 Å². The van der Waals surface area contributed by atoms with E-state index in [0.717, 1.165) is 6.54 Å². The molecule has 158 valence electrons. The molecular weight excluding hydrogens is 409 g/mol. The number of nitrogens with one attached hydrogen (secondary N) is 1. The van der Waals surface area contributed by atoms with Crippen LogP contribution in [0.5, 0.6) is 5.75 Å². The van der Waals surface area contributed by atoms with Crippen molar-refractivity contribution in [3.8, 4) is 5.75 Å². The number of carboxylic acid groups (broad SMARTS) is 1. The summed E-state index contributed by atoms with van der Waals surface area (Å²) in [5.41, 5.74) is 6.42. The zero-order chi connectivity index (χ0) is 20.0. The Morgan fingerprint density at radius 1 is 1.39 bits per heavy atom. The number of nitrogens with zero attached hydrogens (tertiary/aromatic N) is 1. The topological polar surface area (TPSA) is 114 Å². The van der Waals surface area contributed by atoms with Crippen molar-refractivity contribution in [2.75, 3.05) is 39.6 Å². The van der Waals surface area contributed by atoms with Crippen molar-refractivity contribution in [3.05, 3.63) is 22.7 Å². The number of rotatable bonds is 8. The van der Waals surface area contributed by atoms with Crippen molar-refractivity contribution in [2.45, 2.75) is 31.4 Å². The minimum atomic E-state index is -0.795. The standard InChI is InChI=1S/C18H26ClN3O5.ClH/c1-26-15-9-13(20)12(19)8-11(15)18(25)21-14-5-7-22(10-16(14)27-2)6-3-4-17(23)24;/h8-9,14,16H,3-7,10,20H2,1-2H3,(H,21,25)(H,23,24);1H/t14-,16+;/m1./s1.